The smallest absolute Gasteiger partial charge is 0.387 e. The van der Waals surface area contributed by atoms with Crippen molar-refractivity contribution in [1.82, 2.24) is 9.55 Å². The summed E-state index contributed by atoms with van der Waals surface area (Å²) < 4.78 is 43.8. The van der Waals surface area contributed by atoms with Gasteiger partial charge in [-0.15, -0.1) is 0 Å². The van der Waals surface area contributed by atoms with Crippen LogP contribution in [0.2, 0.25) is 0 Å². The molecule has 1 aromatic heterocycles. The zero-order chi connectivity index (χ0) is 21.7. The van der Waals surface area contributed by atoms with Crippen LogP contribution in [-0.2, 0) is 0 Å². The molecule has 5 rings (SSSR count). The Kier molecular flexibility index (Phi) is 4.57. The summed E-state index contributed by atoms with van der Waals surface area (Å²) in [4.78, 5) is 9.22. The molecule has 0 fully saturated rings. The molecule has 0 radical (unpaired) electrons. The van der Waals surface area contributed by atoms with Crippen LogP contribution in [0.1, 0.15) is 29.3 Å². The number of rotatable bonds is 3. The second-order valence-electron chi connectivity index (χ2n) is 7.52. The summed E-state index contributed by atoms with van der Waals surface area (Å²) in [5.74, 6) is 2.19. The van der Waals surface area contributed by atoms with Crippen LogP contribution in [0, 0.1) is 13.8 Å². The first-order chi connectivity index (χ1) is 14.9. The highest BCUT2D eigenvalue weighted by atomic mass is 19.3. The second-order valence-corrected chi connectivity index (χ2v) is 7.52. The first kappa shape index (κ1) is 19.4. The molecule has 0 spiro atoms. The Balaban J connectivity index is 1.65. The van der Waals surface area contributed by atoms with E-state index in [1.165, 1.54) is 0 Å². The molecular weight excluding hydrogens is 408 g/mol. The van der Waals surface area contributed by atoms with E-state index in [1.807, 2.05) is 16.7 Å². The fourth-order valence-corrected chi connectivity index (χ4v) is 4.06. The van der Waals surface area contributed by atoms with E-state index in [0.717, 1.165) is 17.5 Å². The van der Waals surface area contributed by atoms with E-state index in [0.29, 0.717) is 47.3 Å². The number of benzene rings is 2. The van der Waals surface area contributed by atoms with Crippen molar-refractivity contribution in [2.45, 2.75) is 33.0 Å². The fourth-order valence-electron chi connectivity index (χ4n) is 4.06. The van der Waals surface area contributed by atoms with Gasteiger partial charge in [0.2, 0.25) is 5.95 Å². The van der Waals surface area contributed by atoms with Crippen molar-refractivity contribution < 1.29 is 23.0 Å². The Morgan fingerprint density at radius 1 is 1.13 bits per heavy atom. The molecule has 0 amide bonds. The molecule has 3 N–H and O–H groups in total. The lowest BCUT2D eigenvalue weighted by molar-refractivity contribution is -0.0507. The SMILES string of the molecule is Cc1cc([C@@H]2N=C(N)Nc3nc4cc5c(cc4n32)OCCCO5)cc(C)c1OC(F)F. The molecule has 0 saturated carbocycles. The summed E-state index contributed by atoms with van der Waals surface area (Å²) in [5.41, 5.74) is 9.45. The van der Waals surface area contributed by atoms with Crippen molar-refractivity contribution in [3.8, 4) is 17.2 Å². The minimum atomic E-state index is -2.89. The highest BCUT2D eigenvalue weighted by molar-refractivity contribution is 5.95. The number of imidazole rings is 1. The molecule has 2 aliphatic heterocycles. The number of hydrogen-bond donors (Lipinski definition) is 2. The number of guanidine groups is 1. The quantitative estimate of drug-likeness (QED) is 0.659. The number of aromatic nitrogens is 2. The second kappa shape index (κ2) is 7.29. The fraction of sp³-hybridized carbons (Fsp3) is 0.333. The topological polar surface area (TPSA) is 95.9 Å². The third kappa shape index (κ3) is 3.37. The molecule has 162 valence electrons. The lowest BCUT2D eigenvalue weighted by Crippen LogP contribution is -2.31. The van der Waals surface area contributed by atoms with Gasteiger partial charge in [-0.3, -0.25) is 9.88 Å². The predicted molar refractivity (Wildman–Crippen MR) is 111 cm³/mol. The number of anilines is 1. The van der Waals surface area contributed by atoms with Gasteiger partial charge in [0.25, 0.3) is 0 Å². The number of aliphatic imine (C=N–C) groups is 1. The molecule has 2 aliphatic rings. The summed E-state index contributed by atoms with van der Waals surface area (Å²) in [7, 11) is 0. The van der Waals surface area contributed by atoms with Gasteiger partial charge in [-0.25, -0.2) is 9.98 Å². The minimum absolute atomic E-state index is 0.163. The highest BCUT2D eigenvalue weighted by Gasteiger charge is 2.28. The molecule has 0 unspecified atom stereocenters. The zero-order valence-corrected chi connectivity index (χ0v) is 17.0. The maximum Gasteiger partial charge on any atom is 0.387 e. The molecule has 0 aliphatic carbocycles. The number of nitrogens with two attached hydrogens (primary N) is 1. The van der Waals surface area contributed by atoms with Gasteiger partial charge in [0.15, 0.2) is 23.6 Å². The molecule has 1 atom stereocenters. The van der Waals surface area contributed by atoms with Gasteiger partial charge in [0, 0.05) is 18.6 Å². The maximum atomic E-state index is 12.8. The Morgan fingerprint density at radius 2 is 1.81 bits per heavy atom. The lowest BCUT2D eigenvalue weighted by atomic mass is 10.0. The van der Waals surface area contributed by atoms with Crippen molar-refractivity contribution in [1.29, 1.82) is 0 Å². The van der Waals surface area contributed by atoms with Gasteiger partial charge < -0.3 is 19.9 Å². The molecule has 3 heterocycles. The van der Waals surface area contributed by atoms with Gasteiger partial charge in [-0.1, -0.05) is 0 Å². The summed E-state index contributed by atoms with van der Waals surface area (Å²) >= 11 is 0. The molecule has 2 aromatic carbocycles. The van der Waals surface area contributed by atoms with E-state index in [2.05, 4.69) is 20.0 Å². The average molecular weight is 429 g/mol. The molecule has 0 saturated heterocycles. The first-order valence-electron chi connectivity index (χ1n) is 9.88. The molecule has 0 bridgehead atoms. The summed E-state index contributed by atoms with van der Waals surface area (Å²) in [6.07, 6.45) is 0.262. The zero-order valence-electron chi connectivity index (χ0n) is 17.0. The molecule has 10 heteroatoms. The van der Waals surface area contributed by atoms with Crippen LogP contribution in [0.15, 0.2) is 29.3 Å². The Morgan fingerprint density at radius 3 is 2.48 bits per heavy atom. The van der Waals surface area contributed by atoms with Crippen molar-refractivity contribution in [2.24, 2.45) is 10.7 Å². The number of alkyl halides is 2. The van der Waals surface area contributed by atoms with E-state index in [4.69, 9.17) is 15.2 Å². The normalized spacial score (nSPS) is 17.7. The van der Waals surface area contributed by atoms with Crippen LogP contribution in [-0.4, -0.2) is 35.3 Å². The van der Waals surface area contributed by atoms with Crippen LogP contribution in [0.3, 0.4) is 0 Å². The van der Waals surface area contributed by atoms with Crippen LogP contribution in [0.4, 0.5) is 14.7 Å². The Bertz CT molecular complexity index is 1180. The Labute approximate surface area is 176 Å². The summed E-state index contributed by atoms with van der Waals surface area (Å²) in [6, 6.07) is 7.27. The van der Waals surface area contributed by atoms with E-state index in [-0.39, 0.29) is 11.7 Å². The third-order valence-electron chi connectivity index (χ3n) is 5.29. The van der Waals surface area contributed by atoms with Gasteiger partial charge in [-0.2, -0.15) is 8.78 Å². The van der Waals surface area contributed by atoms with Crippen molar-refractivity contribution in [3.63, 3.8) is 0 Å². The van der Waals surface area contributed by atoms with Crippen LogP contribution >= 0.6 is 0 Å². The van der Waals surface area contributed by atoms with Crippen molar-refractivity contribution >= 4 is 22.9 Å². The van der Waals surface area contributed by atoms with Crippen LogP contribution < -0.4 is 25.3 Å². The summed E-state index contributed by atoms with van der Waals surface area (Å²) in [6.45, 7) is 1.70. The van der Waals surface area contributed by atoms with Gasteiger partial charge in [-0.05, 0) is 42.7 Å². The number of hydrogen-bond acceptors (Lipinski definition) is 7. The minimum Gasteiger partial charge on any atom is -0.489 e. The third-order valence-corrected chi connectivity index (χ3v) is 5.29. The number of nitrogens with one attached hydrogen (secondary N) is 1. The standard InChI is InChI=1S/C21H21F2N5O3/c1-10-6-12(7-11(2)17(10)31-19(22)23)18-26-20(24)27-21-25-13-8-15-16(9-14(13)28(18)21)30-5-3-4-29-15/h6-9,18-19H,3-5H2,1-2H3,(H3,24,25,26,27)/t18-/m1/s1. The number of ether oxygens (including phenoxy) is 3. The van der Waals surface area contributed by atoms with E-state index < -0.39 is 12.8 Å². The maximum absolute atomic E-state index is 12.8. The number of fused-ring (bicyclic) bond motifs is 4. The molecule has 31 heavy (non-hydrogen) atoms. The largest absolute Gasteiger partial charge is 0.489 e. The summed E-state index contributed by atoms with van der Waals surface area (Å²) in [5, 5.41) is 2.99. The lowest BCUT2D eigenvalue weighted by Gasteiger charge is -2.25. The van der Waals surface area contributed by atoms with Gasteiger partial charge in [0.1, 0.15) is 5.75 Å². The van der Waals surface area contributed by atoms with Gasteiger partial charge >= 0.3 is 6.61 Å². The van der Waals surface area contributed by atoms with E-state index in [9.17, 15) is 8.78 Å². The molecule has 8 nitrogen and oxygen atoms in total. The molecular formula is C21H21F2N5O3. The van der Waals surface area contributed by atoms with Crippen molar-refractivity contribution in [3.05, 3.63) is 41.0 Å². The molecule has 3 aromatic rings. The van der Waals surface area contributed by atoms with E-state index >= 15 is 0 Å². The van der Waals surface area contributed by atoms with Crippen LogP contribution in [0.25, 0.3) is 11.0 Å². The number of halogens is 2. The number of aryl methyl sites for hydroxylation is 2. The van der Waals surface area contributed by atoms with Gasteiger partial charge in [0.05, 0.1) is 24.2 Å². The van der Waals surface area contributed by atoms with Crippen LogP contribution in [0.5, 0.6) is 17.2 Å². The predicted octanol–water partition coefficient (Wildman–Crippen LogP) is 3.70. The van der Waals surface area contributed by atoms with Crippen molar-refractivity contribution in [2.75, 3.05) is 18.5 Å². The monoisotopic (exact) mass is 429 g/mol. The average Bonchev–Trinajstić information content (AvgIpc) is 2.89. The van der Waals surface area contributed by atoms with E-state index in [1.54, 1.807) is 26.0 Å². The Hall–Kier alpha value is -3.56. The first-order valence-corrected chi connectivity index (χ1v) is 9.88. The highest BCUT2D eigenvalue weighted by Crippen LogP contribution is 2.40. The number of nitrogens with zero attached hydrogens (tertiary/aromatic N) is 3.